The largest absolute Gasteiger partial charge is 0.496 e. The molecule has 0 aliphatic heterocycles. The highest BCUT2D eigenvalue weighted by Gasteiger charge is 2.21. The quantitative estimate of drug-likeness (QED) is 0.816. The average molecular weight is 330 g/mol. The number of halogens is 1. The van der Waals surface area contributed by atoms with E-state index in [0.29, 0.717) is 23.6 Å². The summed E-state index contributed by atoms with van der Waals surface area (Å²) in [4.78, 5) is 12.3. The van der Waals surface area contributed by atoms with Gasteiger partial charge in [0.25, 0.3) is 5.91 Å². The van der Waals surface area contributed by atoms with Crippen molar-refractivity contribution in [3.8, 4) is 11.5 Å². The molecule has 1 N–H and O–H groups in total. The van der Waals surface area contributed by atoms with Crippen LogP contribution in [0.4, 0.5) is 0 Å². The molecule has 0 spiro atoms. The van der Waals surface area contributed by atoms with Crippen LogP contribution in [0.15, 0.2) is 18.2 Å². The number of nitrogens with one attached hydrogen (secondary N) is 1. The van der Waals surface area contributed by atoms with Gasteiger partial charge in [-0.15, -0.1) is 0 Å². The van der Waals surface area contributed by atoms with Gasteiger partial charge in [0.05, 0.1) is 14.2 Å². The molecular formula is C14H20BrNO3. The van der Waals surface area contributed by atoms with Crippen LogP contribution in [0.1, 0.15) is 24.2 Å². The molecule has 4 nitrogen and oxygen atoms in total. The fourth-order valence-corrected chi connectivity index (χ4v) is 1.73. The van der Waals surface area contributed by atoms with Crippen molar-refractivity contribution in [2.75, 3.05) is 26.1 Å². The number of benzene rings is 1. The topological polar surface area (TPSA) is 47.6 Å². The summed E-state index contributed by atoms with van der Waals surface area (Å²) in [5.74, 6) is 0.824. The molecule has 1 aromatic rings. The van der Waals surface area contributed by atoms with E-state index in [9.17, 15) is 4.79 Å². The monoisotopic (exact) mass is 329 g/mol. The van der Waals surface area contributed by atoms with Gasteiger partial charge in [-0.25, -0.2) is 0 Å². The SMILES string of the molecule is COc1cccc(OC)c1C(=O)NCC(C)(C)CBr. The number of ether oxygens (including phenoxy) is 2. The Hall–Kier alpha value is -1.23. The zero-order valence-electron chi connectivity index (χ0n) is 11.7. The second-order valence-corrected chi connectivity index (χ2v) is 5.58. The first-order chi connectivity index (χ1) is 8.95. The van der Waals surface area contributed by atoms with E-state index in [-0.39, 0.29) is 11.3 Å². The van der Waals surface area contributed by atoms with E-state index < -0.39 is 0 Å². The summed E-state index contributed by atoms with van der Waals surface area (Å²) in [6, 6.07) is 5.27. The number of rotatable bonds is 6. The molecule has 0 heterocycles. The lowest BCUT2D eigenvalue weighted by molar-refractivity contribution is 0.0934. The summed E-state index contributed by atoms with van der Waals surface area (Å²) >= 11 is 3.43. The lowest BCUT2D eigenvalue weighted by Gasteiger charge is -2.22. The van der Waals surface area contributed by atoms with Gasteiger partial charge in [-0.05, 0) is 17.5 Å². The predicted molar refractivity (Wildman–Crippen MR) is 79.5 cm³/mol. The van der Waals surface area contributed by atoms with Crippen molar-refractivity contribution >= 4 is 21.8 Å². The van der Waals surface area contributed by atoms with Gasteiger partial charge in [-0.2, -0.15) is 0 Å². The molecule has 1 aromatic carbocycles. The van der Waals surface area contributed by atoms with Gasteiger partial charge < -0.3 is 14.8 Å². The second-order valence-electron chi connectivity index (χ2n) is 5.02. The minimum atomic E-state index is -0.191. The predicted octanol–water partition coefficient (Wildman–Crippen LogP) is 2.85. The molecule has 0 saturated carbocycles. The fraction of sp³-hybridized carbons (Fsp3) is 0.500. The second kappa shape index (κ2) is 6.80. The molecule has 0 radical (unpaired) electrons. The van der Waals surface area contributed by atoms with Gasteiger partial charge in [-0.3, -0.25) is 4.79 Å². The molecule has 0 saturated heterocycles. The lowest BCUT2D eigenvalue weighted by Crippen LogP contribution is -2.35. The van der Waals surface area contributed by atoms with Gasteiger partial charge >= 0.3 is 0 Å². The van der Waals surface area contributed by atoms with Gasteiger partial charge in [0.1, 0.15) is 17.1 Å². The molecular weight excluding hydrogens is 310 g/mol. The van der Waals surface area contributed by atoms with Crippen LogP contribution in [0.25, 0.3) is 0 Å². The highest BCUT2D eigenvalue weighted by atomic mass is 79.9. The van der Waals surface area contributed by atoms with Crippen LogP contribution in [-0.2, 0) is 0 Å². The molecule has 0 fully saturated rings. The highest BCUT2D eigenvalue weighted by molar-refractivity contribution is 9.09. The number of amides is 1. The Morgan fingerprint density at radius 2 is 1.79 bits per heavy atom. The fourth-order valence-electron chi connectivity index (χ4n) is 1.53. The first kappa shape index (κ1) is 15.8. The number of carbonyl (C=O) groups excluding carboxylic acids is 1. The van der Waals surface area contributed by atoms with Crippen LogP contribution in [0.2, 0.25) is 0 Å². The van der Waals surface area contributed by atoms with Gasteiger partial charge in [0, 0.05) is 11.9 Å². The Bertz CT molecular complexity index is 424. The van der Waals surface area contributed by atoms with Gasteiger partial charge in [0.2, 0.25) is 0 Å². The van der Waals surface area contributed by atoms with Crippen molar-refractivity contribution < 1.29 is 14.3 Å². The molecule has 0 aromatic heterocycles. The first-order valence-electron chi connectivity index (χ1n) is 6.00. The molecule has 0 bridgehead atoms. The summed E-state index contributed by atoms with van der Waals surface area (Å²) in [6.07, 6.45) is 0. The molecule has 0 atom stereocenters. The normalized spacial score (nSPS) is 11.0. The number of hydrogen-bond donors (Lipinski definition) is 1. The van der Waals surface area contributed by atoms with E-state index in [1.165, 1.54) is 14.2 Å². The maximum Gasteiger partial charge on any atom is 0.258 e. The molecule has 1 amide bonds. The van der Waals surface area contributed by atoms with E-state index >= 15 is 0 Å². The zero-order valence-corrected chi connectivity index (χ0v) is 13.3. The number of hydrogen-bond acceptors (Lipinski definition) is 3. The van der Waals surface area contributed by atoms with Gasteiger partial charge in [0.15, 0.2) is 0 Å². The van der Waals surface area contributed by atoms with Crippen molar-refractivity contribution in [3.05, 3.63) is 23.8 Å². The van der Waals surface area contributed by atoms with E-state index in [0.717, 1.165) is 5.33 Å². The minimum absolute atomic E-state index is 0.00902. The number of carbonyl (C=O) groups is 1. The third kappa shape index (κ3) is 4.13. The third-order valence-corrected chi connectivity index (χ3v) is 4.26. The summed E-state index contributed by atoms with van der Waals surface area (Å²) in [5, 5.41) is 3.72. The first-order valence-corrected chi connectivity index (χ1v) is 7.12. The molecule has 0 aliphatic carbocycles. The van der Waals surface area contributed by atoms with Crippen molar-refractivity contribution in [2.45, 2.75) is 13.8 Å². The smallest absolute Gasteiger partial charge is 0.258 e. The zero-order chi connectivity index (χ0) is 14.5. The van der Waals surface area contributed by atoms with Crippen LogP contribution in [0.3, 0.4) is 0 Å². The molecule has 0 aliphatic rings. The van der Waals surface area contributed by atoms with Crippen LogP contribution < -0.4 is 14.8 Å². The standard InChI is InChI=1S/C14H20BrNO3/c1-14(2,8-15)9-16-13(17)12-10(18-3)6-5-7-11(12)19-4/h5-7H,8-9H2,1-4H3,(H,16,17). The Morgan fingerprint density at radius 1 is 1.26 bits per heavy atom. The van der Waals surface area contributed by atoms with E-state index in [1.807, 2.05) is 0 Å². The summed E-state index contributed by atoms with van der Waals surface area (Å²) in [5.41, 5.74) is 0.420. The van der Waals surface area contributed by atoms with Crippen molar-refractivity contribution in [1.82, 2.24) is 5.32 Å². The highest BCUT2D eigenvalue weighted by Crippen LogP contribution is 2.28. The summed E-state index contributed by atoms with van der Waals surface area (Å²) < 4.78 is 10.4. The van der Waals surface area contributed by atoms with Crippen LogP contribution >= 0.6 is 15.9 Å². The van der Waals surface area contributed by atoms with Crippen molar-refractivity contribution in [2.24, 2.45) is 5.41 Å². The Kier molecular flexibility index (Phi) is 5.66. The van der Waals surface area contributed by atoms with Crippen molar-refractivity contribution in [1.29, 1.82) is 0 Å². The molecule has 1 rings (SSSR count). The average Bonchev–Trinajstić information content (AvgIpc) is 2.43. The van der Waals surface area contributed by atoms with E-state index in [1.54, 1.807) is 18.2 Å². The van der Waals surface area contributed by atoms with Crippen LogP contribution in [0.5, 0.6) is 11.5 Å². The summed E-state index contributed by atoms with van der Waals surface area (Å²) in [6.45, 7) is 4.71. The molecule has 106 valence electrons. The Morgan fingerprint density at radius 3 is 2.21 bits per heavy atom. The van der Waals surface area contributed by atoms with Gasteiger partial charge in [-0.1, -0.05) is 35.8 Å². The maximum atomic E-state index is 12.3. The molecule has 0 unspecified atom stereocenters. The van der Waals surface area contributed by atoms with E-state index in [4.69, 9.17) is 9.47 Å². The number of alkyl halides is 1. The lowest BCUT2D eigenvalue weighted by atomic mass is 9.96. The van der Waals surface area contributed by atoms with E-state index in [2.05, 4.69) is 35.1 Å². The Labute approximate surface area is 122 Å². The van der Waals surface area contributed by atoms with Crippen LogP contribution in [-0.4, -0.2) is 32.0 Å². The molecule has 5 heteroatoms. The minimum Gasteiger partial charge on any atom is -0.496 e. The summed E-state index contributed by atoms with van der Waals surface area (Å²) in [7, 11) is 3.07. The number of methoxy groups -OCH3 is 2. The molecule has 19 heavy (non-hydrogen) atoms. The van der Waals surface area contributed by atoms with Crippen LogP contribution in [0, 0.1) is 5.41 Å². The third-order valence-electron chi connectivity index (χ3n) is 2.74. The Balaban J connectivity index is 2.93. The van der Waals surface area contributed by atoms with Crippen molar-refractivity contribution in [3.63, 3.8) is 0 Å². The maximum absolute atomic E-state index is 12.3.